The van der Waals surface area contributed by atoms with Gasteiger partial charge in [0.25, 0.3) is 7.44 Å². The van der Waals surface area contributed by atoms with Crippen LogP contribution in [0.15, 0.2) is 84.9 Å². The number of hydrogen-bond acceptors (Lipinski definition) is 2. The van der Waals surface area contributed by atoms with E-state index in [1.807, 2.05) is 70.0 Å². The molecule has 0 bridgehead atoms. The molecule has 1 aliphatic rings. The first-order valence-corrected chi connectivity index (χ1v) is 11.7. The summed E-state index contributed by atoms with van der Waals surface area (Å²) < 4.78 is 32.5. The van der Waals surface area contributed by atoms with Gasteiger partial charge in [-0.1, -0.05) is 48.5 Å². The van der Waals surface area contributed by atoms with E-state index in [1.54, 1.807) is 12.1 Å². The quantitative estimate of drug-likeness (QED) is 0.453. The van der Waals surface area contributed by atoms with Gasteiger partial charge in [0.1, 0.15) is 11.6 Å². The van der Waals surface area contributed by atoms with E-state index in [2.05, 4.69) is 0 Å². The third kappa shape index (κ3) is 3.78. The molecule has 6 heteroatoms. The van der Waals surface area contributed by atoms with Crippen molar-refractivity contribution in [3.63, 3.8) is 0 Å². The number of nitrogens with zero attached hydrogens (tertiary/aromatic N) is 2. The highest BCUT2D eigenvalue weighted by Gasteiger charge is 2.50. The van der Waals surface area contributed by atoms with Gasteiger partial charge in [-0.15, -0.1) is 0 Å². The fourth-order valence-corrected chi connectivity index (χ4v) is 7.79. The second-order valence-electron chi connectivity index (χ2n) is 7.48. The van der Waals surface area contributed by atoms with Crippen LogP contribution >= 0.6 is 7.44 Å². The molecule has 154 valence electrons. The van der Waals surface area contributed by atoms with E-state index < -0.39 is 13.1 Å². The molecule has 1 atom stereocenters. The zero-order valence-corrected chi connectivity index (χ0v) is 17.7. The van der Waals surface area contributed by atoms with Gasteiger partial charge in [-0.3, -0.25) is 9.36 Å². The summed E-state index contributed by atoms with van der Waals surface area (Å²) in [6, 6.07) is 25.3. The standard InChI is InChI=1S/C24H24FN2O2P/c1-19(28)18-24(20-12-14-21(25)15-13-20)30(29)26(22-8-4-2-5-9-22)16-17-27(30)23-10-6-3-7-11-23/h2-15,24H,16-18H2,1H3. The van der Waals surface area contributed by atoms with Crippen molar-refractivity contribution < 1.29 is 13.8 Å². The van der Waals surface area contributed by atoms with Crippen LogP contribution in [0, 0.1) is 5.82 Å². The Morgan fingerprint density at radius 1 is 0.867 bits per heavy atom. The van der Waals surface area contributed by atoms with Crippen molar-refractivity contribution in [3.05, 3.63) is 96.3 Å². The third-order valence-corrected chi connectivity index (χ3v) is 9.00. The van der Waals surface area contributed by atoms with E-state index in [9.17, 15) is 9.18 Å². The van der Waals surface area contributed by atoms with Gasteiger partial charge in [0.05, 0.1) is 5.66 Å². The lowest BCUT2D eigenvalue weighted by Crippen LogP contribution is -2.25. The molecule has 0 spiro atoms. The van der Waals surface area contributed by atoms with Gasteiger partial charge >= 0.3 is 0 Å². The minimum absolute atomic E-state index is 0.0486. The van der Waals surface area contributed by atoms with Crippen LogP contribution in [0.5, 0.6) is 0 Å². The van der Waals surface area contributed by atoms with Crippen molar-refractivity contribution in [2.45, 2.75) is 19.0 Å². The fraction of sp³-hybridized carbons (Fsp3) is 0.208. The van der Waals surface area contributed by atoms with Crippen molar-refractivity contribution >= 4 is 24.6 Å². The van der Waals surface area contributed by atoms with Crippen LogP contribution in [0.25, 0.3) is 0 Å². The summed E-state index contributed by atoms with van der Waals surface area (Å²) >= 11 is 0. The van der Waals surface area contributed by atoms with E-state index in [0.717, 1.165) is 11.4 Å². The number of halogens is 1. The predicted octanol–water partition coefficient (Wildman–Crippen LogP) is 6.07. The molecule has 1 saturated heterocycles. The Morgan fingerprint density at radius 2 is 1.33 bits per heavy atom. The summed E-state index contributed by atoms with van der Waals surface area (Å²) in [5.41, 5.74) is 1.85. The molecule has 3 aromatic carbocycles. The van der Waals surface area contributed by atoms with E-state index in [4.69, 9.17) is 0 Å². The van der Waals surface area contributed by atoms with Gasteiger partial charge in [0.2, 0.25) is 0 Å². The van der Waals surface area contributed by atoms with E-state index in [1.165, 1.54) is 19.1 Å². The molecular weight excluding hydrogens is 398 g/mol. The van der Waals surface area contributed by atoms with E-state index >= 15 is 4.57 Å². The number of hydrogen-bond donors (Lipinski definition) is 0. The van der Waals surface area contributed by atoms with Crippen LogP contribution in [0.2, 0.25) is 0 Å². The van der Waals surface area contributed by atoms with Crippen molar-refractivity contribution in [3.8, 4) is 0 Å². The first-order valence-electron chi connectivity index (χ1n) is 10.0. The molecule has 0 saturated carbocycles. The Labute approximate surface area is 176 Å². The molecule has 1 aliphatic heterocycles. The lowest BCUT2D eigenvalue weighted by molar-refractivity contribution is -0.117. The van der Waals surface area contributed by atoms with Crippen LogP contribution < -0.4 is 9.34 Å². The van der Waals surface area contributed by atoms with E-state index in [0.29, 0.717) is 18.7 Å². The van der Waals surface area contributed by atoms with Crippen molar-refractivity contribution in [2.75, 3.05) is 22.4 Å². The third-order valence-electron chi connectivity index (χ3n) is 5.47. The van der Waals surface area contributed by atoms with Crippen LogP contribution in [-0.4, -0.2) is 18.9 Å². The van der Waals surface area contributed by atoms with Crippen LogP contribution in [0.4, 0.5) is 15.8 Å². The summed E-state index contributed by atoms with van der Waals surface area (Å²) in [5.74, 6) is -0.405. The maximum absolute atomic E-state index is 15.0. The molecule has 0 radical (unpaired) electrons. The minimum atomic E-state index is -3.31. The fourth-order valence-electron chi connectivity index (χ4n) is 4.12. The number of rotatable bonds is 6. The van der Waals surface area contributed by atoms with Crippen molar-refractivity contribution in [1.29, 1.82) is 0 Å². The Hall–Kier alpha value is -2.91. The maximum Gasteiger partial charge on any atom is 0.270 e. The molecule has 3 aromatic rings. The molecule has 0 N–H and O–H groups in total. The van der Waals surface area contributed by atoms with Crippen molar-refractivity contribution in [1.82, 2.24) is 0 Å². The number of ketones is 1. The SMILES string of the molecule is CC(=O)CC(c1ccc(F)cc1)P1(=O)N(c2ccccc2)CCN1c1ccccc1. The second kappa shape index (κ2) is 8.45. The Bertz CT molecular complexity index is 1010. The molecule has 4 nitrogen and oxygen atoms in total. The number of carbonyl (C=O) groups excluding carboxylic acids is 1. The Morgan fingerprint density at radius 3 is 1.77 bits per heavy atom. The zero-order chi connectivity index (χ0) is 21.1. The number of para-hydroxylation sites is 2. The lowest BCUT2D eigenvalue weighted by Gasteiger charge is -2.38. The van der Waals surface area contributed by atoms with Gasteiger partial charge in [0, 0.05) is 30.9 Å². The highest BCUT2D eigenvalue weighted by molar-refractivity contribution is 7.68. The van der Waals surface area contributed by atoms with Crippen LogP contribution in [0.3, 0.4) is 0 Å². The van der Waals surface area contributed by atoms with Gasteiger partial charge < -0.3 is 9.34 Å². The topological polar surface area (TPSA) is 40.6 Å². The molecular formula is C24H24FN2O2P. The Balaban J connectivity index is 1.89. The minimum Gasteiger partial charge on any atom is -0.305 e. The second-order valence-corrected chi connectivity index (χ2v) is 10.2. The van der Waals surface area contributed by atoms with Crippen LogP contribution in [-0.2, 0) is 9.36 Å². The number of carbonyl (C=O) groups is 1. The molecule has 0 amide bonds. The molecule has 1 unspecified atom stereocenters. The molecule has 0 aliphatic carbocycles. The summed E-state index contributed by atoms with van der Waals surface area (Å²) in [6.45, 7) is 2.66. The first kappa shape index (κ1) is 20.4. The summed E-state index contributed by atoms with van der Waals surface area (Å²) in [6.07, 6.45) is 0.121. The molecule has 1 fully saturated rings. The smallest absolute Gasteiger partial charge is 0.270 e. The summed E-state index contributed by atoms with van der Waals surface area (Å²) in [5, 5.41) is 0. The van der Waals surface area contributed by atoms with Crippen LogP contribution in [0.1, 0.15) is 24.6 Å². The van der Waals surface area contributed by atoms with Gasteiger partial charge in [0.15, 0.2) is 0 Å². The highest BCUT2D eigenvalue weighted by Crippen LogP contribution is 2.69. The molecule has 4 rings (SSSR count). The normalized spacial score (nSPS) is 16.5. The number of Topliss-reactive ketones (excluding diaryl/α,β-unsaturated/α-hetero) is 1. The highest BCUT2D eigenvalue weighted by atomic mass is 31.2. The first-order chi connectivity index (χ1) is 14.5. The molecule has 0 aromatic heterocycles. The average Bonchev–Trinajstić information content (AvgIpc) is 3.12. The summed E-state index contributed by atoms with van der Waals surface area (Å²) in [7, 11) is -3.31. The monoisotopic (exact) mass is 422 g/mol. The zero-order valence-electron chi connectivity index (χ0n) is 16.8. The van der Waals surface area contributed by atoms with Gasteiger partial charge in [-0.25, -0.2) is 4.39 Å². The predicted molar refractivity (Wildman–Crippen MR) is 120 cm³/mol. The molecule has 1 heterocycles. The van der Waals surface area contributed by atoms with Crippen molar-refractivity contribution in [2.24, 2.45) is 0 Å². The number of anilines is 2. The van der Waals surface area contributed by atoms with Gasteiger partial charge in [-0.05, 0) is 48.9 Å². The average molecular weight is 422 g/mol. The molecule has 30 heavy (non-hydrogen) atoms. The van der Waals surface area contributed by atoms with Gasteiger partial charge in [-0.2, -0.15) is 0 Å². The number of benzene rings is 3. The maximum atomic E-state index is 15.0. The largest absolute Gasteiger partial charge is 0.305 e. The summed E-state index contributed by atoms with van der Waals surface area (Å²) in [4.78, 5) is 12.2. The lowest BCUT2D eigenvalue weighted by atomic mass is 10.1. The Kier molecular flexibility index (Phi) is 5.74. The van der Waals surface area contributed by atoms with E-state index in [-0.39, 0.29) is 18.0 Å².